The molecule has 0 unspecified atom stereocenters. The summed E-state index contributed by atoms with van der Waals surface area (Å²) in [5, 5.41) is 16.8. The number of aromatic nitrogens is 6. The number of fused-ring (bicyclic) bond motifs is 3. The molecule has 4 heterocycles. The van der Waals surface area contributed by atoms with E-state index in [9.17, 15) is 0 Å². The summed E-state index contributed by atoms with van der Waals surface area (Å²) in [6.07, 6.45) is 6.11. The van der Waals surface area contributed by atoms with Crippen molar-refractivity contribution in [2.45, 2.75) is 6.42 Å². The zero-order chi connectivity index (χ0) is 20.8. The lowest BCUT2D eigenvalue weighted by Gasteiger charge is -2.09. The van der Waals surface area contributed by atoms with Crippen LogP contribution in [0.2, 0.25) is 5.02 Å². The highest BCUT2D eigenvalue weighted by Gasteiger charge is 2.24. The SMILES string of the molecule is Clc1ccccc1-n1cnnc1-c1nc2c(s1)CCOc1cc(-c3cn[nH]c3)ccc1-2. The normalized spacial score (nSPS) is 12.7. The average molecular weight is 447 g/mol. The fraction of sp³-hybridized carbons (Fsp3) is 0.0909. The number of hydrogen-bond acceptors (Lipinski definition) is 6. The molecule has 0 saturated carbocycles. The molecule has 6 rings (SSSR count). The number of ether oxygens (including phenoxy) is 1. The quantitative estimate of drug-likeness (QED) is 0.420. The van der Waals surface area contributed by atoms with Crippen LogP contribution in [0.4, 0.5) is 0 Å². The maximum Gasteiger partial charge on any atom is 0.197 e. The number of benzene rings is 2. The molecule has 0 bridgehead atoms. The topological polar surface area (TPSA) is 81.5 Å². The zero-order valence-electron chi connectivity index (χ0n) is 16.1. The van der Waals surface area contributed by atoms with Gasteiger partial charge in [-0.15, -0.1) is 21.5 Å². The molecule has 0 atom stereocenters. The second kappa shape index (κ2) is 7.33. The Labute approximate surface area is 186 Å². The molecule has 0 amide bonds. The lowest BCUT2D eigenvalue weighted by atomic mass is 10.0. The van der Waals surface area contributed by atoms with Crippen molar-refractivity contribution in [1.29, 1.82) is 0 Å². The Morgan fingerprint density at radius 3 is 2.94 bits per heavy atom. The van der Waals surface area contributed by atoms with Crippen LogP contribution in [0.25, 0.3) is 38.9 Å². The fourth-order valence-electron chi connectivity index (χ4n) is 3.71. The number of nitrogens with zero attached hydrogens (tertiary/aromatic N) is 5. The summed E-state index contributed by atoms with van der Waals surface area (Å²) < 4.78 is 7.93. The predicted molar refractivity (Wildman–Crippen MR) is 120 cm³/mol. The van der Waals surface area contributed by atoms with E-state index in [1.54, 1.807) is 23.9 Å². The van der Waals surface area contributed by atoms with Gasteiger partial charge >= 0.3 is 0 Å². The summed E-state index contributed by atoms with van der Waals surface area (Å²) in [5.41, 5.74) is 4.79. The van der Waals surface area contributed by atoms with E-state index in [1.807, 2.05) is 41.1 Å². The first-order valence-corrected chi connectivity index (χ1v) is 10.9. The number of hydrogen-bond donors (Lipinski definition) is 1. The van der Waals surface area contributed by atoms with Crippen molar-refractivity contribution in [2.24, 2.45) is 0 Å². The van der Waals surface area contributed by atoms with E-state index < -0.39 is 0 Å². The Morgan fingerprint density at radius 2 is 2.06 bits per heavy atom. The van der Waals surface area contributed by atoms with E-state index in [1.165, 1.54) is 4.88 Å². The number of thiazole rings is 1. The number of rotatable bonds is 3. The highest BCUT2D eigenvalue weighted by Crippen LogP contribution is 2.41. The van der Waals surface area contributed by atoms with Crippen molar-refractivity contribution in [1.82, 2.24) is 29.9 Å². The van der Waals surface area contributed by atoms with Crippen molar-refractivity contribution in [2.75, 3.05) is 6.61 Å². The lowest BCUT2D eigenvalue weighted by Crippen LogP contribution is -1.98. The maximum absolute atomic E-state index is 6.41. The molecular weight excluding hydrogens is 432 g/mol. The first kappa shape index (κ1) is 18.3. The molecule has 5 aromatic rings. The van der Waals surface area contributed by atoms with E-state index >= 15 is 0 Å². The Bertz CT molecular complexity index is 1390. The molecule has 1 N–H and O–H groups in total. The molecular formula is C22H15ClN6OS. The van der Waals surface area contributed by atoms with Gasteiger partial charge in [-0.1, -0.05) is 29.8 Å². The molecule has 0 fully saturated rings. The second-order valence-corrected chi connectivity index (χ2v) is 8.55. The third-order valence-corrected chi connectivity index (χ3v) is 6.63. The van der Waals surface area contributed by atoms with E-state index in [4.69, 9.17) is 21.3 Å². The van der Waals surface area contributed by atoms with Crippen LogP contribution >= 0.6 is 22.9 Å². The summed E-state index contributed by atoms with van der Waals surface area (Å²) >= 11 is 8.02. The van der Waals surface area contributed by atoms with Gasteiger partial charge in [0, 0.05) is 28.6 Å². The predicted octanol–water partition coefficient (Wildman–Crippen LogP) is 5.04. The van der Waals surface area contributed by atoms with Crippen LogP contribution in [0.1, 0.15) is 4.88 Å². The van der Waals surface area contributed by atoms with Gasteiger partial charge in [0.25, 0.3) is 0 Å². The van der Waals surface area contributed by atoms with Gasteiger partial charge in [-0.3, -0.25) is 9.67 Å². The minimum absolute atomic E-state index is 0.591. The standard InChI is InChI=1S/C22H15ClN6OS/c23-16-3-1-2-4-17(16)29-12-26-28-21(29)22-27-20-15-6-5-13(14-10-24-25-11-14)9-18(15)30-8-7-19(20)31-22/h1-6,9-12H,7-8H2,(H,24,25). The third kappa shape index (κ3) is 3.11. The largest absolute Gasteiger partial charge is 0.492 e. The summed E-state index contributed by atoms with van der Waals surface area (Å²) in [7, 11) is 0. The molecule has 2 aromatic carbocycles. The van der Waals surface area contributed by atoms with Crippen molar-refractivity contribution < 1.29 is 4.74 Å². The number of halogens is 1. The Balaban J connectivity index is 1.45. The van der Waals surface area contributed by atoms with Gasteiger partial charge in [0.15, 0.2) is 10.8 Å². The molecule has 7 nitrogen and oxygen atoms in total. The molecule has 1 aliphatic heterocycles. The molecule has 0 aliphatic carbocycles. The number of nitrogens with one attached hydrogen (secondary N) is 1. The first-order valence-electron chi connectivity index (χ1n) is 9.69. The second-order valence-electron chi connectivity index (χ2n) is 7.06. The summed E-state index contributed by atoms with van der Waals surface area (Å²) in [4.78, 5) is 6.12. The monoisotopic (exact) mass is 446 g/mol. The van der Waals surface area contributed by atoms with Crippen molar-refractivity contribution in [3.63, 3.8) is 0 Å². The number of aromatic amines is 1. The van der Waals surface area contributed by atoms with Crippen LogP contribution in [-0.2, 0) is 6.42 Å². The fourth-order valence-corrected chi connectivity index (χ4v) is 4.98. The van der Waals surface area contributed by atoms with E-state index in [-0.39, 0.29) is 0 Å². The summed E-state index contributed by atoms with van der Waals surface area (Å²) in [6, 6.07) is 13.8. The molecule has 0 spiro atoms. The van der Waals surface area contributed by atoms with Gasteiger partial charge in [-0.25, -0.2) is 4.98 Å². The van der Waals surface area contributed by atoms with Crippen LogP contribution in [0.5, 0.6) is 5.75 Å². The van der Waals surface area contributed by atoms with Gasteiger partial charge in [0.05, 0.1) is 29.2 Å². The zero-order valence-corrected chi connectivity index (χ0v) is 17.7. The van der Waals surface area contributed by atoms with Gasteiger partial charge in [-0.2, -0.15) is 5.10 Å². The Hall–Kier alpha value is -3.49. The minimum Gasteiger partial charge on any atom is -0.492 e. The number of para-hydroxylation sites is 1. The molecule has 0 radical (unpaired) electrons. The van der Waals surface area contributed by atoms with Gasteiger partial charge in [0.2, 0.25) is 0 Å². The molecule has 31 heavy (non-hydrogen) atoms. The molecule has 1 aliphatic rings. The van der Waals surface area contributed by atoms with Crippen molar-refractivity contribution in [3.8, 4) is 44.7 Å². The lowest BCUT2D eigenvalue weighted by molar-refractivity contribution is 0.327. The molecule has 9 heteroatoms. The van der Waals surface area contributed by atoms with Crippen LogP contribution in [0.3, 0.4) is 0 Å². The van der Waals surface area contributed by atoms with E-state index in [2.05, 4.69) is 32.5 Å². The van der Waals surface area contributed by atoms with Crippen LogP contribution < -0.4 is 4.74 Å². The van der Waals surface area contributed by atoms with Crippen molar-refractivity contribution >= 4 is 22.9 Å². The first-order chi connectivity index (χ1) is 15.3. The maximum atomic E-state index is 6.41. The molecule has 152 valence electrons. The molecule has 3 aromatic heterocycles. The van der Waals surface area contributed by atoms with Gasteiger partial charge in [0.1, 0.15) is 12.1 Å². The Kier molecular flexibility index (Phi) is 4.33. The van der Waals surface area contributed by atoms with E-state index in [0.29, 0.717) is 17.5 Å². The third-order valence-electron chi connectivity index (χ3n) is 5.20. The molecule has 0 saturated heterocycles. The minimum atomic E-state index is 0.591. The van der Waals surface area contributed by atoms with E-state index in [0.717, 1.165) is 45.2 Å². The summed E-state index contributed by atoms with van der Waals surface area (Å²) in [6.45, 7) is 0.591. The van der Waals surface area contributed by atoms with Crippen LogP contribution in [-0.4, -0.2) is 36.6 Å². The number of H-pyrrole nitrogens is 1. The summed E-state index contributed by atoms with van der Waals surface area (Å²) in [5.74, 6) is 1.49. The average Bonchev–Trinajstić information content (AvgIpc) is 3.53. The van der Waals surface area contributed by atoms with Crippen LogP contribution in [0, 0.1) is 0 Å². The van der Waals surface area contributed by atoms with Crippen LogP contribution in [0.15, 0.2) is 61.2 Å². The van der Waals surface area contributed by atoms with Gasteiger partial charge in [-0.05, 0) is 29.8 Å². The van der Waals surface area contributed by atoms with Gasteiger partial charge < -0.3 is 4.74 Å². The Morgan fingerprint density at radius 1 is 1.13 bits per heavy atom. The highest BCUT2D eigenvalue weighted by molar-refractivity contribution is 7.15. The smallest absolute Gasteiger partial charge is 0.197 e. The highest BCUT2D eigenvalue weighted by atomic mass is 35.5. The van der Waals surface area contributed by atoms with Crippen molar-refractivity contribution in [3.05, 3.63) is 71.1 Å².